The molecule has 112 valence electrons. The fourth-order valence-electron chi connectivity index (χ4n) is 1.96. The largest absolute Gasteiger partial charge is 0.484 e. The van der Waals surface area contributed by atoms with E-state index in [0.717, 1.165) is 5.56 Å². The number of benzene rings is 1. The predicted molar refractivity (Wildman–Crippen MR) is 79.4 cm³/mol. The number of ether oxygens (including phenoxy) is 1. The van der Waals surface area contributed by atoms with Crippen molar-refractivity contribution < 1.29 is 9.66 Å². The average molecular weight is 290 g/mol. The Morgan fingerprint density at radius 3 is 2.81 bits per heavy atom. The van der Waals surface area contributed by atoms with Gasteiger partial charge in [0.05, 0.1) is 17.2 Å². The predicted octanol–water partition coefficient (Wildman–Crippen LogP) is 2.73. The zero-order chi connectivity index (χ0) is 15.4. The molecule has 0 atom stereocenters. The molecule has 2 aromatic rings. The normalized spacial score (nSPS) is 10.7. The molecule has 0 radical (unpaired) electrons. The van der Waals surface area contributed by atoms with Crippen molar-refractivity contribution in [1.82, 2.24) is 9.78 Å². The molecule has 2 rings (SSSR count). The highest BCUT2D eigenvalue weighted by atomic mass is 16.6. The van der Waals surface area contributed by atoms with Gasteiger partial charge in [0.25, 0.3) is 0 Å². The lowest BCUT2D eigenvalue weighted by Gasteiger charge is -2.12. The number of hydrogen-bond donors (Lipinski definition) is 1. The van der Waals surface area contributed by atoms with Crippen LogP contribution in [0.15, 0.2) is 30.6 Å². The molecule has 1 aromatic carbocycles. The molecule has 1 N–H and O–H groups in total. The van der Waals surface area contributed by atoms with Crippen LogP contribution in [0.25, 0.3) is 0 Å². The summed E-state index contributed by atoms with van der Waals surface area (Å²) in [5.74, 6) is 0.270. The van der Waals surface area contributed by atoms with Crippen molar-refractivity contribution in [2.45, 2.75) is 26.5 Å². The Balaban J connectivity index is 2.23. The second-order valence-electron chi connectivity index (χ2n) is 4.95. The van der Waals surface area contributed by atoms with Gasteiger partial charge in [0.1, 0.15) is 5.69 Å². The third-order valence-electron chi connectivity index (χ3n) is 2.79. The summed E-state index contributed by atoms with van der Waals surface area (Å²) in [5, 5.41) is 18.4. The zero-order valence-corrected chi connectivity index (χ0v) is 12.2. The summed E-state index contributed by atoms with van der Waals surface area (Å²) in [6.07, 6.45) is 3.44. The lowest BCUT2D eigenvalue weighted by molar-refractivity contribution is -0.385. The molecule has 0 unspecified atom stereocenters. The van der Waals surface area contributed by atoms with E-state index in [2.05, 4.69) is 10.4 Å². The summed E-state index contributed by atoms with van der Waals surface area (Å²) in [7, 11) is 1.82. The number of anilines is 1. The van der Waals surface area contributed by atoms with Gasteiger partial charge in [-0.05, 0) is 26.0 Å². The lowest BCUT2D eigenvalue weighted by atomic mass is 10.2. The Labute approximate surface area is 122 Å². The van der Waals surface area contributed by atoms with Crippen molar-refractivity contribution in [3.8, 4) is 5.75 Å². The first-order valence-electron chi connectivity index (χ1n) is 6.63. The lowest BCUT2D eigenvalue weighted by Crippen LogP contribution is -2.09. The summed E-state index contributed by atoms with van der Waals surface area (Å²) >= 11 is 0. The van der Waals surface area contributed by atoms with Crippen LogP contribution in [0.1, 0.15) is 19.4 Å². The minimum Gasteiger partial charge on any atom is -0.484 e. The molecule has 7 nitrogen and oxygen atoms in total. The fourth-order valence-corrected chi connectivity index (χ4v) is 1.96. The number of aromatic nitrogens is 2. The van der Waals surface area contributed by atoms with Crippen LogP contribution in [-0.4, -0.2) is 20.8 Å². The Morgan fingerprint density at radius 1 is 1.48 bits per heavy atom. The monoisotopic (exact) mass is 290 g/mol. The molecule has 21 heavy (non-hydrogen) atoms. The average Bonchev–Trinajstić information content (AvgIpc) is 2.81. The first kappa shape index (κ1) is 14.8. The van der Waals surface area contributed by atoms with Crippen LogP contribution in [0.2, 0.25) is 0 Å². The quantitative estimate of drug-likeness (QED) is 0.653. The zero-order valence-electron chi connectivity index (χ0n) is 12.2. The molecule has 0 aliphatic rings. The second kappa shape index (κ2) is 6.25. The van der Waals surface area contributed by atoms with Crippen LogP contribution in [-0.2, 0) is 13.6 Å². The van der Waals surface area contributed by atoms with E-state index in [1.807, 2.05) is 27.1 Å². The molecule has 1 heterocycles. The van der Waals surface area contributed by atoms with Gasteiger partial charge in [0.2, 0.25) is 0 Å². The molecule has 1 aromatic heterocycles. The SMILES string of the molecule is CC(C)Oc1cccc(NCc2cnn(C)c2)c1[N+](=O)[O-]. The minimum atomic E-state index is -0.427. The first-order valence-corrected chi connectivity index (χ1v) is 6.63. The molecule has 0 saturated carbocycles. The molecule has 0 bridgehead atoms. The first-order chi connectivity index (χ1) is 9.97. The molecule has 0 amide bonds. The Morgan fingerprint density at radius 2 is 2.24 bits per heavy atom. The molecular weight excluding hydrogens is 272 g/mol. The van der Waals surface area contributed by atoms with Crippen LogP contribution < -0.4 is 10.1 Å². The van der Waals surface area contributed by atoms with Crippen molar-refractivity contribution in [3.63, 3.8) is 0 Å². The second-order valence-corrected chi connectivity index (χ2v) is 4.95. The fraction of sp³-hybridized carbons (Fsp3) is 0.357. The van der Waals surface area contributed by atoms with Gasteiger partial charge in [0.15, 0.2) is 5.75 Å². The number of nitro groups is 1. The summed E-state index contributed by atoms with van der Waals surface area (Å²) in [6, 6.07) is 5.01. The van der Waals surface area contributed by atoms with Crippen LogP contribution in [0, 0.1) is 10.1 Å². The van der Waals surface area contributed by atoms with Gasteiger partial charge in [-0.15, -0.1) is 0 Å². The Hall–Kier alpha value is -2.57. The van der Waals surface area contributed by atoms with Crippen LogP contribution in [0.4, 0.5) is 11.4 Å². The third-order valence-corrected chi connectivity index (χ3v) is 2.79. The minimum absolute atomic E-state index is 0.0462. The highest BCUT2D eigenvalue weighted by Gasteiger charge is 2.21. The van der Waals surface area contributed by atoms with Gasteiger partial charge in [-0.2, -0.15) is 5.10 Å². The number of nitrogens with one attached hydrogen (secondary N) is 1. The number of rotatable bonds is 6. The maximum Gasteiger partial charge on any atom is 0.333 e. The van der Waals surface area contributed by atoms with Crippen molar-refractivity contribution in [2.24, 2.45) is 7.05 Å². The Kier molecular flexibility index (Phi) is 4.42. The van der Waals surface area contributed by atoms with Gasteiger partial charge in [0, 0.05) is 25.4 Å². The maximum atomic E-state index is 11.3. The van der Waals surface area contributed by atoms with E-state index in [9.17, 15) is 10.1 Å². The third kappa shape index (κ3) is 3.71. The summed E-state index contributed by atoms with van der Waals surface area (Å²) < 4.78 is 7.19. The van der Waals surface area contributed by atoms with E-state index in [0.29, 0.717) is 12.2 Å². The number of aryl methyl sites for hydroxylation is 1. The molecule has 0 fully saturated rings. The summed E-state index contributed by atoms with van der Waals surface area (Å²) in [6.45, 7) is 4.12. The van der Waals surface area contributed by atoms with Crippen LogP contribution in [0.5, 0.6) is 5.75 Å². The number of para-hydroxylation sites is 1. The smallest absolute Gasteiger partial charge is 0.333 e. The van der Waals surface area contributed by atoms with Crippen molar-refractivity contribution in [3.05, 3.63) is 46.3 Å². The standard InChI is InChI=1S/C14H18N4O3/c1-10(2)21-13-6-4-5-12(14(13)18(19)20)15-7-11-8-16-17(3)9-11/h4-6,8-10,15H,7H2,1-3H3. The number of nitrogens with zero attached hydrogens (tertiary/aromatic N) is 3. The highest BCUT2D eigenvalue weighted by molar-refractivity contribution is 5.68. The number of hydrogen-bond acceptors (Lipinski definition) is 5. The van der Waals surface area contributed by atoms with E-state index >= 15 is 0 Å². The molecule has 0 aliphatic carbocycles. The van der Waals surface area contributed by atoms with Gasteiger partial charge >= 0.3 is 5.69 Å². The highest BCUT2D eigenvalue weighted by Crippen LogP contribution is 2.35. The molecule has 7 heteroatoms. The topological polar surface area (TPSA) is 82.2 Å². The summed E-state index contributed by atoms with van der Waals surface area (Å²) in [4.78, 5) is 10.9. The van der Waals surface area contributed by atoms with Gasteiger partial charge < -0.3 is 10.1 Å². The molecular formula is C14H18N4O3. The van der Waals surface area contributed by atoms with Gasteiger partial charge in [-0.25, -0.2) is 0 Å². The van der Waals surface area contributed by atoms with Crippen LogP contribution in [0.3, 0.4) is 0 Å². The van der Waals surface area contributed by atoms with Gasteiger partial charge in [-0.3, -0.25) is 14.8 Å². The molecule has 0 saturated heterocycles. The van der Waals surface area contributed by atoms with E-state index < -0.39 is 4.92 Å². The molecule has 0 spiro atoms. The maximum absolute atomic E-state index is 11.3. The molecule has 0 aliphatic heterocycles. The van der Waals surface area contributed by atoms with Crippen molar-refractivity contribution >= 4 is 11.4 Å². The van der Waals surface area contributed by atoms with Crippen molar-refractivity contribution in [1.29, 1.82) is 0 Å². The van der Waals surface area contributed by atoms with Crippen molar-refractivity contribution in [2.75, 3.05) is 5.32 Å². The van der Waals surface area contributed by atoms with E-state index in [1.54, 1.807) is 29.1 Å². The Bertz CT molecular complexity index is 637. The van der Waals surface area contributed by atoms with E-state index in [4.69, 9.17) is 4.74 Å². The van der Waals surface area contributed by atoms with Crippen LogP contribution >= 0.6 is 0 Å². The summed E-state index contributed by atoms with van der Waals surface area (Å²) in [5.41, 5.74) is 1.33. The number of nitro benzene ring substituents is 1. The van der Waals surface area contributed by atoms with Gasteiger partial charge in [-0.1, -0.05) is 6.07 Å². The van der Waals surface area contributed by atoms with E-state index in [1.165, 1.54) is 0 Å². The van der Waals surface area contributed by atoms with E-state index in [-0.39, 0.29) is 17.5 Å².